The molecule has 2 amide bonds. The molecular formula is C24H30N4O4. The van der Waals surface area contributed by atoms with E-state index in [0.717, 1.165) is 5.56 Å². The summed E-state index contributed by atoms with van der Waals surface area (Å²) in [5.41, 5.74) is 2.94. The van der Waals surface area contributed by atoms with Crippen molar-refractivity contribution in [2.45, 2.75) is 38.4 Å². The summed E-state index contributed by atoms with van der Waals surface area (Å²) in [6, 6.07) is 14.3. The topological polar surface area (TPSA) is 115 Å². The molecule has 2 aromatic carbocycles. The summed E-state index contributed by atoms with van der Waals surface area (Å²) in [5, 5.41) is 23.6. The zero-order valence-electron chi connectivity index (χ0n) is 18.8. The Bertz CT molecular complexity index is 981. The van der Waals surface area contributed by atoms with Gasteiger partial charge in [0.25, 0.3) is 11.8 Å². The number of nitrogens with zero attached hydrogens (tertiary/aromatic N) is 1. The molecule has 2 atom stereocenters. The van der Waals surface area contributed by atoms with Crippen molar-refractivity contribution < 1.29 is 19.4 Å². The average Bonchev–Trinajstić information content (AvgIpc) is 2.78. The van der Waals surface area contributed by atoms with Gasteiger partial charge in [0.05, 0.1) is 6.61 Å². The lowest BCUT2D eigenvalue weighted by Crippen LogP contribution is -2.55. The highest BCUT2D eigenvalue weighted by Gasteiger charge is 2.39. The number of aliphatic hydroxyl groups is 1. The van der Waals surface area contributed by atoms with Crippen LogP contribution < -0.4 is 15.5 Å². The summed E-state index contributed by atoms with van der Waals surface area (Å²) < 4.78 is 5.47. The minimum atomic E-state index is -1.66. The monoisotopic (exact) mass is 438 g/mol. The second-order valence-corrected chi connectivity index (χ2v) is 8.71. The van der Waals surface area contributed by atoms with Crippen molar-refractivity contribution in [3.8, 4) is 0 Å². The van der Waals surface area contributed by atoms with Crippen LogP contribution in [-0.2, 0) is 19.7 Å². The van der Waals surface area contributed by atoms with Gasteiger partial charge < -0.3 is 25.4 Å². The molecule has 8 nitrogen and oxygen atoms in total. The van der Waals surface area contributed by atoms with Crippen LogP contribution in [0.25, 0.3) is 0 Å². The van der Waals surface area contributed by atoms with E-state index < -0.39 is 24.0 Å². The van der Waals surface area contributed by atoms with Gasteiger partial charge in [0, 0.05) is 30.5 Å². The number of benzene rings is 2. The van der Waals surface area contributed by atoms with Gasteiger partial charge in [-0.05, 0) is 47.4 Å². The van der Waals surface area contributed by atoms with Gasteiger partial charge in [-0.15, -0.1) is 0 Å². The Morgan fingerprint density at radius 2 is 1.78 bits per heavy atom. The summed E-state index contributed by atoms with van der Waals surface area (Å²) in [5.74, 6) is -0.940. The van der Waals surface area contributed by atoms with Crippen molar-refractivity contribution in [2.24, 2.45) is 0 Å². The van der Waals surface area contributed by atoms with Gasteiger partial charge in [0.2, 0.25) is 0 Å². The average molecular weight is 439 g/mol. The van der Waals surface area contributed by atoms with Gasteiger partial charge in [-0.2, -0.15) is 0 Å². The van der Waals surface area contributed by atoms with Crippen LogP contribution in [0.1, 0.15) is 31.9 Å². The standard InChI is InChI=1S/C24H30N4O4/c1-24(2,3)16-7-11-18(12-8-16)28-13-14-32-20(23(28)31)19(29)22(30)27-17-9-5-15(6-10-17)21(25)26-4/h5-12,19-20,29H,13-14H2,1-4H3,(H2,25,26)(H,27,30)/t19-,20-/m1/s1. The number of hydrogen-bond donors (Lipinski definition) is 4. The van der Waals surface area contributed by atoms with Crippen LogP contribution >= 0.6 is 0 Å². The minimum Gasteiger partial charge on any atom is -0.380 e. The maximum Gasteiger partial charge on any atom is 0.259 e. The summed E-state index contributed by atoms with van der Waals surface area (Å²) >= 11 is 0. The Labute approximate surface area is 188 Å². The Kier molecular flexibility index (Phi) is 6.96. The largest absolute Gasteiger partial charge is 0.380 e. The van der Waals surface area contributed by atoms with E-state index in [0.29, 0.717) is 23.5 Å². The van der Waals surface area contributed by atoms with Crippen LogP contribution in [0.5, 0.6) is 0 Å². The second-order valence-electron chi connectivity index (χ2n) is 8.71. The molecule has 0 unspecified atom stereocenters. The molecule has 8 heteroatoms. The summed E-state index contributed by atoms with van der Waals surface area (Å²) in [6.07, 6.45) is -2.95. The van der Waals surface area contributed by atoms with Crippen LogP contribution in [0.15, 0.2) is 48.5 Å². The molecule has 0 aliphatic carbocycles. The van der Waals surface area contributed by atoms with E-state index in [9.17, 15) is 14.7 Å². The van der Waals surface area contributed by atoms with Crippen molar-refractivity contribution in [1.29, 1.82) is 5.41 Å². The van der Waals surface area contributed by atoms with Crippen LogP contribution in [0.2, 0.25) is 0 Å². The van der Waals surface area contributed by atoms with Gasteiger partial charge in [0.15, 0.2) is 12.2 Å². The summed E-state index contributed by atoms with van der Waals surface area (Å²) in [4.78, 5) is 27.1. The van der Waals surface area contributed by atoms with Crippen molar-refractivity contribution in [1.82, 2.24) is 5.32 Å². The summed E-state index contributed by atoms with van der Waals surface area (Å²) in [7, 11) is 1.65. The molecule has 0 spiro atoms. The maximum atomic E-state index is 13.0. The molecule has 1 aliphatic heterocycles. The highest BCUT2D eigenvalue weighted by atomic mass is 16.5. The first-order valence-electron chi connectivity index (χ1n) is 10.5. The molecule has 0 radical (unpaired) electrons. The predicted molar refractivity (Wildman–Crippen MR) is 124 cm³/mol. The lowest BCUT2D eigenvalue weighted by molar-refractivity contribution is -0.150. The molecule has 4 N–H and O–H groups in total. The van der Waals surface area contributed by atoms with E-state index in [1.807, 2.05) is 24.3 Å². The maximum absolute atomic E-state index is 13.0. The number of anilines is 2. The Morgan fingerprint density at radius 1 is 1.16 bits per heavy atom. The van der Waals surface area contributed by atoms with Crippen molar-refractivity contribution in [3.05, 3.63) is 59.7 Å². The molecule has 1 fully saturated rings. The molecule has 0 saturated carbocycles. The number of carbonyl (C=O) groups excluding carboxylic acids is 2. The van der Waals surface area contributed by atoms with Gasteiger partial charge in [-0.1, -0.05) is 32.9 Å². The van der Waals surface area contributed by atoms with E-state index in [4.69, 9.17) is 10.1 Å². The molecule has 1 aliphatic rings. The van der Waals surface area contributed by atoms with E-state index in [1.54, 1.807) is 31.3 Å². The number of amidine groups is 1. The van der Waals surface area contributed by atoms with Crippen molar-refractivity contribution in [3.63, 3.8) is 0 Å². The van der Waals surface area contributed by atoms with E-state index >= 15 is 0 Å². The minimum absolute atomic E-state index is 0.00408. The lowest BCUT2D eigenvalue weighted by atomic mass is 9.87. The first-order valence-corrected chi connectivity index (χ1v) is 10.5. The SMILES string of the molecule is CNC(=N)c1ccc(NC(=O)[C@H](O)[C@H]2OCCN(c3ccc(C(C)(C)C)cc3)C2=O)cc1. The van der Waals surface area contributed by atoms with Crippen LogP contribution in [0, 0.1) is 5.41 Å². The lowest BCUT2D eigenvalue weighted by Gasteiger charge is -2.34. The zero-order chi connectivity index (χ0) is 23.5. The number of carbonyl (C=O) groups is 2. The number of aliphatic hydroxyl groups excluding tert-OH is 1. The third kappa shape index (κ3) is 5.15. The number of ether oxygens (including phenoxy) is 1. The van der Waals surface area contributed by atoms with E-state index in [2.05, 4.69) is 31.4 Å². The molecule has 170 valence electrons. The highest BCUT2D eigenvalue weighted by molar-refractivity contribution is 6.04. The first kappa shape index (κ1) is 23.4. The third-order valence-corrected chi connectivity index (χ3v) is 5.41. The second kappa shape index (κ2) is 9.50. The molecule has 3 rings (SSSR count). The highest BCUT2D eigenvalue weighted by Crippen LogP contribution is 2.26. The van der Waals surface area contributed by atoms with E-state index in [1.165, 1.54) is 4.90 Å². The van der Waals surface area contributed by atoms with Crippen LogP contribution in [0.4, 0.5) is 11.4 Å². The molecule has 1 saturated heterocycles. The molecule has 32 heavy (non-hydrogen) atoms. The van der Waals surface area contributed by atoms with E-state index in [-0.39, 0.29) is 17.9 Å². The Balaban J connectivity index is 1.68. The van der Waals surface area contributed by atoms with Crippen molar-refractivity contribution >= 4 is 29.0 Å². The smallest absolute Gasteiger partial charge is 0.259 e. The van der Waals surface area contributed by atoms with Gasteiger partial charge in [0.1, 0.15) is 5.84 Å². The first-order chi connectivity index (χ1) is 15.1. The normalized spacial score (nSPS) is 17.6. The van der Waals surface area contributed by atoms with Gasteiger partial charge >= 0.3 is 0 Å². The van der Waals surface area contributed by atoms with Gasteiger partial charge in [-0.25, -0.2) is 0 Å². The number of rotatable bonds is 5. The Morgan fingerprint density at radius 3 is 2.34 bits per heavy atom. The fraction of sp³-hybridized carbons (Fsp3) is 0.375. The summed E-state index contributed by atoms with van der Waals surface area (Å²) in [6.45, 7) is 6.90. The van der Waals surface area contributed by atoms with Crippen LogP contribution in [0.3, 0.4) is 0 Å². The molecule has 0 bridgehead atoms. The molecule has 2 aromatic rings. The zero-order valence-corrected chi connectivity index (χ0v) is 18.8. The predicted octanol–water partition coefficient (Wildman–Crippen LogP) is 2.26. The van der Waals surface area contributed by atoms with Crippen molar-refractivity contribution in [2.75, 3.05) is 30.4 Å². The van der Waals surface area contributed by atoms with Gasteiger partial charge in [-0.3, -0.25) is 15.0 Å². The molecule has 0 aromatic heterocycles. The Hall–Kier alpha value is -3.23. The molecular weight excluding hydrogens is 408 g/mol. The third-order valence-electron chi connectivity index (χ3n) is 5.41. The number of amides is 2. The van der Waals surface area contributed by atoms with Crippen LogP contribution in [-0.4, -0.2) is 55.2 Å². The number of nitrogens with one attached hydrogen (secondary N) is 3. The quantitative estimate of drug-likeness (QED) is 0.422. The number of hydrogen-bond acceptors (Lipinski definition) is 5. The molecule has 1 heterocycles. The number of morpholine rings is 1. The fourth-order valence-corrected chi connectivity index (χ4v) is 3.45. The fourth-order valence-electron chi connectivity index (χ4n) is 3.45.